The first-order valence-corrected chi connectivity index (χ1v) is 8.14. The lowest BCUT2D eigenvalue weighted by Crippen LogP contribution is -2.18. The molecule has 0 unspecified atom stereocenters. The van der Waals surface area contributed by atoms with E-state index in [2.05, 4.69) is 46.2 Å². The van der Waals surface area contributed by atoms with E-state index in [1.165, 1.54) is 17.7 Å². The lowest BCUT2D eigenvalue weighted by Gasteiger charge is -2.05. The van der Waals surface area contributed by atoms with E-state index >= 15 is 0 Å². The molecule has 0 aliphatic rings. The number of nitrogens with zero attached hydrogens (tertiary/aromatic N) is 3. The summed E-state index contributed by atoms with van der Waals surface area (Å²) in [5.74, 6) is 0. The van der Waals surface area contributed by atoms with E-state index in [1.807, 2.05) is 6.92 Å². The van der Waals surface area contributed by atoms with Crippen LogP contribution in [0.4, 0.5) is 0 Å². The summed E-state index contributed by atoms with van der Waals surface area (Å²) in [4.78, 5) is 4.52. The Balaban J connectivity index is 2.04. The molecule has 0 amide bonds. The lowest BCUT2D eigenvalue weighted by atomic mass is 10.1. The van der Waals surface area contributed by atoms with E-state index in [-0.39, 0.29) is 0 Å². The van der Waals surface area contributed by atoms with Gasteiger partial charge in [-0.15, -0.1) is 11.3 Å². The van der Waals surface area contributed by atoms with Crippen molar-refractivity contribution in [1.82, 2.24) is 20.1 Å². The van der Waals surface area contributed by atoms with Crippen molar-refractivity contribution < 1.29 is 0 Å². The van der Waals surface area contributed by atoms with Crippen molar-refractivity contribution >= 4 is 11.3 Å². The largest absolute Gasteiger partial charge is 0.316 e. The topological polar surface area (TPSA) is 42.7 Å². The molecule has 0 saturated carbocycles. The molecule has 2 heterocycles. The molecule has 0 aliphatic carbocycles. The summed E-state index contributed by atoms with van der Waals surface area (Å²) < 4.78 is 2.09. The third-order valence-corrected chi connectivity index (χ3v) is 4.41. The number of hydrogen-bond donors (Lipinski definition) is 1. The van der Waals surface area contributed by atoms with Gasteiger partial charge >= 0.3 is 0 Å². The summed E-state index contributed by atoms with van der Waals surface area (Å²) in [5.41, 5.74) is 4.89. The quantitative estimate of drug-likeness (QED) is 0.798. The van der Waals surface area contributed by atoms with E-state index in [9.17, 15) is 0 Å². The molecule has 0 radical (unpaired) electrons. The first-order valence-electron chi connectivity index (χ1n) is 7.26. The highest BCUT2D eigenvalue weighted by Gasteiger charge is 2.12. The van der Waals surface area contributed by atoms with Crippen molar-refractivity contribution in [1.29, 1.82) is 0 Å². The third-order valence-electron chi connectivity index (χ3n) is 3.46. The molecule has 0 aliphatic heterocycles. The Morgan fingerprint density at radius 2 is 2.05 bits per heavy atom. The molecule has 5 heteroatoms. The van der Waals surface area contributed by atoms with E-state index in [1.54, 1.807) is 11.3 Å². The molecular weight excluding hydrogens is 268 g/mol. The van der Waals surface area contributed by atoms with Gasteiger partial charge in [-0.05, 0) is 52.3 Å². The minimum atomic E-state index is 0.785. The van der Waals surface area contributed by atoms with Gasteiger partial charge in [0.15, 0.2) is 0 Å². The maximum atomic E-state index is 4.67. The van der Waals surface area contributed by atoms with Crippen LogP contribution in [0, 0.1) is 20.8 Å². The number of nitrogens with one attached hydrogen (secondary N) is 1. The molecule has 2 aromatic rings. The summed E-state index contributed by atoms with van der Waals surface area (Å²) in [5, 5.41) is 11.3. The summed E-state index contributed by atoms with van der Waals surface area (Å²) in [6.07, 6.45) is 2.23. The van der Waals surface area contributed by atoms with Crippen molar-refractivity contribution in [2.75, 3.05) is 13.1 Å². The molecule has 0 bridgehead atoms. The van der Waals surface area contributed by atoms with Gasteiger partial charge in [0.2, 0.25) is 0 Å². The Morgan fingerprint density at radius 1 is 1.25 bits per heavy atom. The number of aryl methyl sites for hydroxylation is 2. The SMILES string of the molecule is CCCNCCc1c(C)nn(Cc2nc(C)cs2)c1C. The van der Waals surface area contributed by atoms with Crippen LogP contribution in [0.5, 0.6) is 0 Å². The molecule has 110 valence electrons. The van der Waals surface area contributed by atoms with Crippen molar-refractivity contribution in [2.45, 2.75) is 47.1 Å². The lowest BCUT2D eigenvalue weighted by molar-refractivity contribution is 0.650. The predicted octanol–water partition coefficient (Wildman–Crippen LogP) is 2.86. The second-order valence-electron chi connectivity index (χ2n) is 5.19. The molecule has 1 N–H and O–H groups in total. The minimum absolute atomic E-state index is 0.785. The van der Waals surface area contributed by atoms with Crippen LogP contribution < -0.4 is 5.32 Å². The molecule has 4 nitrogen and oxygen atoms in total. The maximum absolute atomic E-state index is 4.67. The van der Waals surface area contributed by atoms with Crippen molar-refractivity contribution in [3.8, 4) is 0 Å². The highest BCUT2D eigenvalue weighted by Crippen LogP contribution is 2.17. The third kappa shape index (κ3) is 3.67. The highest BCUT2D eigenvalue weighted by atomic mass is 32.1. The molecule has 20 heavy (non-hydrogen) atoms. The van der Waals surface area contributed by atoms with Gasteiger partial charge < -0.3 is 5.32 Å². The summed E-state index contributed by atoms with van der Waals surface area (Å²) in [6.45, 7) is 11.4. The van der Waals surface area contributed by atoms with Gasteiger partial charge in [0.25, 0.3) is 0 Å². The van der Waals surface area contributed by atoms with Gasteiger partial charge in [-0.2, -0.15) is 5.10 Å². The molecular formula is C15H24N4S. The Labute approximate surface area is 125 Å². The van der Waals surface area contributed by atoms with Crippen LogP contribution in [-0.2, 0) is 13.0 Å². The number of thiazole rings is 1. The van der Waals surface area contributed by atoms with Crippen molar-refractivity contribution in [3.05, 3.63) is 33.0 Å². The molecule has 2 aromatic heterocycles. The van der Waals surface area contributed by atoms with Crippen LogP contribution in [0.3, 0.4) is 0 Å². The van der Waals surface area contributed by atoms with E-state index in [0.717, 1.165) is 42.5 Å². The van der Waals surface area contributed by atoms with Crippen LogP contribution in [0.25, 0.3) is 0 Å². The van der Waals surface area contributed by atoms with E-state index in [0.29, 0.717) is 0 Å². The summed E-state index contributed by atoms with van der Waals surface area (Å²) in [6, 6.07) is 0. The van der Waals surface area contributed by atoms with E-state index in [4.69, 9.17) is 0 Å². The first-order chi connectivity index (χ1) is 9.61. The van der Waals surface area contributed by atoms with Crippen LogP contribution in [-0.4, -0.2) is 27.9 Å². The van der Waals surface area contributed by atoms with E-state index < -0.39 is 0 Å². The molecule has 0 aromatic carbocycles. The van der Waals surface area contributed by atoms with Gasteiger partial charge in [-0.1, -0.05) is 6.92 Å². The Morgan fingerprint density at radius 3 is 2.70 bits per heavy atom. The second kappa shape index (κ2) is 6.99. The van der Waals surface area contributed by atoms with Crippen LogP contribution in [0.2, 0.25) is 0 Å². The summed E-state index contributed by atoms with van der Waals surface area (Å²) >= 11 is 1.71. The van der Waals surface area contributed by atoms with Gasteiger partial charge in [0.1, 0.15) is 5.01 Å². The monoisotopic (exact) mass is 292 g/mol. The van der Waals surface area contributed by atoms with Gasteiger partial charge in [0.05, 0.1) is 12.2 Å². The second-order valence-corrected chi connectivity index (χ2v) is 6.13. The Bertz CT molecular complexity index is 556. The number of hydrogen-bond acceptors (Lipinski definition) is 4. The van der Waals surface area contributed by atoms with Crippen LogP contribution >= 0.6 is 11.3 Å². The van der Waals surface area contributed by atoms with Crippen LogP contribution in [0.1, 0.15) is 41.0 Å². The average Bonchev–Trinajstić information content (AvgIpc) is 2.93. The fourth-order valence-corrected chi connectivity index (χ4v) is 3.12. The zero-order valence-electron chi connectivity index (χ0n) is 12.9. The van der Waals surface area contributed by atoms with Crippen molar-refractivity contribution in [3.63, 3.8) is 0 Å². The fraction of sp³-hybridized carbons (Fsp3) is 0.600. The smallest absolute Gasteiger partial charge is 0.114 e. The van der Waals surface area contributed by atoms with Crippen LogP contribution in [0.15, 0.2) is 5.38 Å². The Kier molecular flexibility index (Phi) is 5.31. The average molecular weight is 292 g/mol. The normalized spacial score (nSPS) is 11.2. The maximum Gasteiger partial charge on any atom is 0.114 e. The zero-order chi connectivity index (χ0) is 14.5. The first kappa shape index (κ1) is 15.2. The molecule has 0 fully saturated rings. The minimum Gasteiger partial charge on any atom is -0.316 e. The standard InChI is InChI=1S/C15H24N4S/c1-5-7-16-8-6-14-12(3)18-19(13(14)4)9-15-17-11(2)10-20-15/h10,16H,5-9H2,1-4H3. The molecule has 0 spiro atoms. The zero-order valence-corrected chi connectivity index (χ0v) is 13.7. The van der Waals surface area contributed by atoms with Crippen molar-refractivity contribution in [2.24, 2.45) is 0 Å². The molecule has 0 atom stereocenters. The number of aromatic nitrogens is 3. The highest BCUT2D eigenvalue weighted by molar-refractivity contribution is 7.09. The fourth-order valence-electron chi connectivity index (χ4n) is 2.37. The summed E-state index contributed by atoms with van der Waals surface area (Å²) in [7, 11) is 0. The number of rotatable bonds is 7. The van der Waals surface area contributed by atoms with Gasteiger partial charge in [-0.25, -0.2) is 4.98 Å². The molecule has 0 saturated heterocycles. The Hall–Kier alpha value is -1.20. The van der Waals surface area contributed by atoms with Gasteiger partial charge in [-0.3, -0.25) is 4.68 Å². The predicted molar refractivity (Wildman–Crippen MR) is 84.5 cm³/mol. The van der Waals surface area contributed by atoms with Gasteiger partial charge in [0, 0.05) is 16.8 Å². The molecule has 2 rings (SSSR count).